The van der Waals surface area contributed by atoms with Crippen LogP contribution >= 0.6 is 0 Å². The summed E-state index contributed by atoms with van der Waals surface area (Å²) in [7, 11) is 2.11. The standard InChI is InChI=1S/C22H24N8O/c1-29-7-9-30(10-8-29)13-20(31)25-17-4-2-3-15(11-17)21-18-12-16(22-23-14-24-28-22)5-6-19(18)26-27-21/h2-6,11-12,14H,7-10,13H2,1H3,(H,25,31)(H,26,27)(H,23,24,28). The minimum Gasteiger partial charge on any atom is -0.325 e. The van der Waals surface area contributed by atoms with Crippen LogP contribution in [-0.4, -0.2) is 80.9 Å². The van der Waals surface area contributed by atoms with Crippen molar-refractivity contribution in [2.24, 2.45) is 0 Å². The Labute approximate surface area is 179 Å². The van der Waals surface area contributed by atoms with Crippen LogP contribution in [0.15, 0.2) is 48.8 Å². The molecule has 2 aromatic heterocycles. The zero-order chi connectivity index (χ0) is 21.2. The van der Waals surface area contributed by atoms with Gasteiger partial charge in [-0.3, -0.25) is 19.9 Å². The van der Waals surface area contributed by atoms with Crippen molar-refractivity contribution < 1.29 is 4.79 Å². The molecule has 1 aliphatic heterocycles. The van der Waals surface area contributed by atoms with Crippen molar-refractivity contribution in [3.63, 3.8) is 0 Å². The average molecular weight is 416 g/mol. The monoisotopic (exact) mass is 416 g/mol. The van der Waals surface area contributed by atoms with E-state index in [2.05, 4.69) is 47.5 Å². The third-order valence-corrected chi connectivity index (χ3v) is 5.63. The molecule has 9 nitrogen and oxygen atoms in total. The number of aromatic amines is 2. The highest BCUT2D eigenvalue weighted by Gasteiger charge is 2.17. The van der Waals surface area contributed by atoms with Gasteiger partial charge in [-0.1, -0.05) is 12.1 Å². The maximum atomic E-state index is 12.5. The van der Waals surface area contributed by atoms with Gasteiger partial charge in [0.25, 0.3) is 0 Å². The molecule has 0 bridgehead atoms. The lowest BCUT2D eigenvalue weighted by atomic mass is 10.0. The molecule has 158 valence electrons. The lowest BCUT2D eigenvalue weighted by Crippen LogP contribution is -2.47. The Hall–Kier alpha value is -3.56. The molecule has 1 fully saturated rings. The summed E-state index contributed by atoms with van der Waals surface area (Å²) in [6, 6.07) is 13.8. The number of rotatable bonds is 5. The fourth-order valence-electron chi connectivity index (χ4n) is 3.88. The van der Waals surface area contributed by atoms with Crippen molar-refractivity contribution in [1.29, 1.82) is 0 Å². The molecule has 0 spiro atoms. The lowest BCUT2D eigenvalue weighted by molar-refractivity contribution is -0.117. The molecule has 0 aliphatic carbocycles. The molecule has 1 aliphatic rings. The molecular weight excluding hydrogens is 392 g/mol. The Morgan fingerprint density at radius 2 is 1.94 bits per heavy atom. The molecule has 5 rings (SSSR count). The minimum atomic E-state index is 0.00111. The molecule has 3 heterocycles. The summed E-state index contributed by atoms with van der Waals surface area (Å²) < 4.78 is 0. The van der Waals surface area contributed by atoms with Crippen LogP contribution in [0.3, 0.4) is 0 Å². The van der Waals surface area contributed by atoms with Crippen molar-refractivity contribution in [2.45, 2.75) is 0 Å². The highest BCUT2D eigenvalue weighted by Crippen LogP contribution is 2.30. The highest BCUT2D eigenvalue weighted by atomic mass is 16.2. The quantitative estimate of drug-likeness (QED) is 0.461. The number of amides is 1. The number of hydrogen-bond acceptors (Lipinski definition) is 6. The third-order valence-electron chi connectivity index (χ3n) is 5.63. The van der Waals surface area contributed by atoms with E-state index < -0.39 is 0 Å². The molecule has 2 aromatic carbocycles. The normalized spacial score (nSPS) is 15.4. The summed E-state index contributed by atoms with van der Waals surface area (Å²) in [5.41, 5.74) is 4.39. The number of anilines is 1. The van der Waals surface area contributed by atoms with Crippen LogP contribution in [0.2, 0.25) is 0 Å². The first-order valence-corrected chi connectivity index (χ1v) is 10.3. The minimum absolute atomic E-state index is 0.00111. The molecule has 4 aromatic rings. The smallest absolute Gasteiger partial charge is 0.238 e. The van der Waals surface area contributed by atoms with E-state index in [1.165, 1.54) is 6.33 Å². The van der Waals surface area contributed by atoms with E-state index in [4.69, 9.17) is 0 Å². The second kappa shape index (κ2) is 8.29. The molecule has 0 saturated carbocycles. The van der Waals surface area contributed by atoms with Gasteiger partial charge in [0.1, 0.15) is 6.33 Å². The SMILES string of the molecule is CN1CCN(CC(=O)Nc2cccc(-c3n[nH]c4ccc(-c5ncn[nH]5)cc34)c2)CC1. The van der Waals surface area contributed by atoms with E-state index >= 15 is 0 Å². The van der Waals surface area contributed by atoms with Gasteiger partial charge >= 0.3 is 0 Å². The summed E-state index contributed by atoms with van der Waals surface area (Å²) in [5, 5.41) is 18.4. The number of benzene rings is 2. The number of piperazine rings is 1. The van der Waals surface area contributed by atoms with E-state index in [1.807, 2.05) is 42.5 Å². The van der Waals surface area contributed by atoms with Gasteiger partial charge in [-0.25, -0.2) is 4.98 Å². The van der Waals surface area contributed by atoms with Gasteiger partial charge in [0, 0.05) is 48.4 Å². The number of aromatic nitrogens is 5. The van der Waals surface area contributed by atoms with Crippen LogP contribution in [0, 0.1) is 0 Å². The zero-order valence-corrected chi connectivity index (χ0v) is 17.3. The Morgan fingerprint density at radius 3 is 2.74 bits per heavy atom. The Balaban J connectivity index is 1.36. The Bertz CT molecular complexity index is 1190. The van der Waals surface area contributed by atoms with Crippen LogP contribution in [0.4, 0.5) is 5.69 Å². The predicted octanol–water partition coefficient (Wildman–Crippen LogP) is 2.20. The van der Waals surface area contributed by atoms with Crippen LogP contribution in [0.5, 0.6) is 0 Å². The molecule has 9 heteroatoms. The summed E-state index contributed by atoms with van der Waals surface area (Å²) in [6.07, 6.45) is 1.49. The van der Waals surface area contributed by atoms with Gasteiger partial charge in [-0.05, 0) is 37.4 Å². The molecule has 1 amide bonds. The fraction of sp³-hybridized carbons (Fsp3) is 0.273. The Kier molecular flexibility index (Phi) is 5.19. The van der Waals surface area contributed by atoms with Gasteiger partial charge in [-0.2, -0.15) is 10.2 Å². The molecular formula is C22H24N8O. The maximum Gasteiger partial charge on any atom is 0.238 e. The number of H-pyrrole nitrogens is 2. The molecule has 31 heavy (non-hydrogen) atoms. The second-order valence-electron chi connectivity index (χ2n) is 7.88. The number of carbonyl (C=O) groups excluding carboxylic acids is 1. The summed E-state index contributed by atoms with van der Waals surface area (Å²) >= 11 is 0. The summed E-state index contributed by atoms with van der Waals surface area (Å²) in [4.78, 5) is 21.2. The van der Waals surface area contributed by atoms with E-state index in [9.17, 15) is 4.79 Å². The molecule has 1 saturated heterocycles. The largest absolute Gasteiger partial charge is 0.325 e. The predicted molar refractivity (Wildman–Crippen MR) is 119 cm³/mol. The molecule has 0 unspecified atom stereocenters. The second-order valence-corrected chi connectivity index (χ2v) is 7.88. The first-order chi connectivity index (χ1) is 15.2. The third kappa shape index (κ3) is 4.18. The van der Waals surface area contributed by atoms with Crippen molar-refractivity contribution in [1.82, 2.24) is 35.2 Å². The number of fused-ring (bicyclic) bond motifs is 1. The number of likely N-dealkylation sites (N-methyl/N-ethyl adjacent to an activating group) is 1. The van der Waals surface area contributed by atoms with Crippen molar-refractivity contribution in [2.75, 3.05) is 45.1 Å². The topological polar surface area (TPSA) is 106 Å². The maximum absolute atomic E-state index is 12.5. The number of hydrogen-bond donors (Lipinski definition) is 3. The Morgan fingerprint density at radius 1 is 1.06 bits per heavy atom. The number of nitrogens with one attached hydrogen (secondary N) is 3. The van der Waals surface area contributed by atoms with E-state index in [0.29, 0.717) is 12.4 Å². The van der Waals surface area contributed by atoms with Crippen LogP contribution in [-0.2, 0) is 4.79 Å². The van der Waals surface area contributed by atoms with Gasteiger partial charge < -0.3 is 10.2 Å². The van der Waals surface area contributed by atoms with Crippen LogP contribution in [0.25, 0.3) is 33.5 Å². The lowest BCUT2D eigenvalue weighted by Gasteiger charge is -2.31. The van der Waals surface area contributed by atoms with E-state index in [-0.39, 0.29) is 5.91 Å². The molecule has 3 N–H and O–H groups in total. The zero-order valence-electron chi connectivity index (χ0n) is 17.3. The van der Waals surface area contributed by atoms with E-state index in [0.717, 1.165) is 59.6 Å². The van der Waals surface area contributed by atoms with Crippen LogP contribution in [0.1, 0.15) is 0 Å². The van der Waals surface area contributed by atoms with Crippen molar-refractivity contribution >= 4 is 22.5 Å². The van der Waals surface area contributed by atoms with Gasteiger partial charge in [0.05, 0.1) is 17.8 Å². The number of nitrogens with zero attached hydrogens (tertiary/aromatic N) is 5. The van der Waals surface area contributed by atoms with Gasteiger partial charge in [0.15, 0.2) is 5.82 Å². The van der Waals surface area contributed by atoms with Gasteiger partial charge in [0.2, 0.25) is 5.91 Å². The first-order valence-electron chi connectivity index (χ1n) is 10.3. The van der Waals surface area contributed by atoms with Crippen LogP contribution < -0.4 is 5.32 Å². The number of carbonyl (C=O) groups is 1. The average Bonchev–Trinajstić information content (AvgIpc) is 3.45. The highest BCUT2D eigenvalue weighted by molar-refractivity contribution is 5.97. The van der Waals surface area contributed by atoms with E-state index in [1.54, 1.807) is 0 Å². The van der Waals surface area contributed by atoms with Crippen molar-refractivity contribution in [3.05, 3.63) is 48.8 Å². The molecule has 0 radical (unpaired) electrons. The summed E-state index contributed by atoms with van der Waals surface area (Å²) in [6.45, 7) is 4.22. The van der Waals surface area contributed by atoms with Gasteiger partial charge in [-0.15, -0.1) is 0 Å². The molecule has 0 atom stereocenters. The fourth-order valence-corrected chi connectivity index (χ4v) is 3.88. The first kappa shape index (κ1) is 19.4. The summed E-state index contributed by atoms with van der Waals surface area (Å²) in [5.74, 6) is 0.708. The van der Waals surface area contributed by atoms with Crippen molar-refractivity contribution in [3.8, 4) is 22.6 Å².